The fourth-order valence-corrected chi connectivity index (χ4v) is 4.91. The summed E-state index contributed by atoms with van der Waals surface area (Å²) in [7, 11) is -4.02. The maximum absolute atomic E-state index is 13.4. The van der Waals surface area contributed by atoms with Gasteiger partial charge in [0.25, 0.3) is 5.91 Å². The highest BCUT2D eigenvalue weighted by Gasteiger charge is 2.37. The van der Waals surface area contributed by atoms with Crippen molar-refractivity contribution in [2.24, 2.45) is 11.8 Å². The molecule has 7 nitrogen and oxygen atoms in total. The number of nitrogens with one attached hydrogen (secondary N) is 1. The van der Waals surface area contributed by atoms with Crippen molar-refractivity contribution in [2.45, 2.75) is 45.1 Å². The molecule has 0 bridgehead atoms. The monoisotopic (exact) mass is 408 g/mol. The van der Waals surface area contributed by atoms with Crippen molar-refractivity contribution in [3.8, 4) is 5.75 Å². The smallest absolute Gasteiger partial charge is 0.262 e. The van der Waals surface area contributed by atoms with Crippen LogP contribution in [0.2, 0.25) is 0 Å². The van der Waals surface area contributed by atoms with E-state index >= 15 is 0 Å². The Morgan fingerprint density at radius 3 is 2.29 bits per heavy atom. The Bertz CT molecular complexity index is 941. The van der Waals surface area contributed by atoms with Gasteiger partial charge in [-0.2, -0.15) is 4.31 Å². The molecule has 28 heavy (non-hydrogen) atoms. The number of carbonyl (C=O) groups is 1. The average Bonchev–Trinajstić information content (AvgIpc) is 2.63. The van der Waals surface area contributed by atoms with Crippen LogP contribution in [0.25, 0.3) is 10.8 Å². The molecule has 0 radical (unpaired) electrons. The number of aromatic hydroxyl groups is 1. The number of hydrogen-bond donors (Lipinski definition) is 3. The molecule has 8 heteroatoms. The number of rotatable bonds is 8. The number of nitrogens with zero attached hydrogens (tertiary/aromatic N) is 1. The van der Waals surface area contributed by atoms with Gasteiger partial charge in [-0.1, -0.05) is 39.8 Å². The average molecular weight is 409 g/mol. The van der Waals surface area contributed by atoms with Crippen LogP contribution in [0.5, 0.6) is 5.75 Å². The van der Waals surface area contributed by atoms with Gasteiger partial charge < -0.3 is 5.11 Å². The third kappa shape index (κ3) is 4.81. The number of carbonyl (C=O) groups excluding carboxylic acids is 1. The van der Waals surface area contributed by atoms with Crippen molar-refractivity contribution in [1.29, 1.82) is 0 Å². The number of benzene rings is 2. The molecule has 1 unspecified atom stereocenters. The Hall–Kier alpha value is -2.16. The highest BCUT2D eigenvalue weighted by atomic mass is 32.2. The molecule has 0 fully saturated rings. The normalized spacial score (nSPS) is 13.4. The van der Waals surface area contributed by atoms with Gasteiger partial charge in [0.15, 0.2) is 0 Å². The van der Waals surface area contributed by atoms with Crippen molar-refractivity contribution in [2.75, 3.05) is 6.54 Å². The minimum atomic E-state index is -4.02. The van der Waals surface area contributed by atoms with E-state index in [1.54, 1.807) is 31.5 Å². The van der Waals surface area contributed by atoms with Gasteiger partial charge in [0.1, 0.15) is 11.8 Å². The fraction of sp³-hybridized carbons (Fsp3) is 0.450. The first-order valence-corrected chi connectivity index (χ1v) is 10.7. The van der Waals surface area contributed by atoms with Crippen molar-refractivity contribution in [3.05, 3.63) is 36.4 Å². The van der Waals surface area contributed by atoms with E-state index in [0.29, 0.717) is 11.8 Å². The Morgan fingerprint density at radius 2 is 1.71 bits per heavy atom. The van der Waals surface area contributed by atoms with Crippen LogP contribution < -0.4 is 5.48 Å². The van der Waals surface area contributed by atoms with Crippen molar-refractivity contribution in [3.63, 3.8) is 0 Å². The lowest BCUT2D eigenvalue weighted by Gasteiger charge is -2.32. The Kier molecular flexibility index (Phi) is 7.03. The van der Waals surface area contributed by atoms with Crippen LogP contribution in [-0.4, -0.2) is 41.5 Å². The van der Waals surface area contributed by atoms with Crippen LogP contribution in [0.1, 0.15) is 34.1 Å². The van der Waals surface area contributed by atoms with E-state index < -0.39 is 22.0 Å². The van der Waals surface area contributed by atoms with E-state index in [4.69, 9.17) is 5.21 Å². The van der Waals surface area contributed by atoms with E-state index in [1.165, 1.54) is 24.3 Å². The number of fused-ring (bicyclic) bond motifs is 1. The highest BCUT2D eigenvalue weighted by Crippen LogP contribution is 2.28. The number of amides is 1. The summed E-state index contributed by atoms with van der Waals surface area (Å²) in [4.78, 5) is 12.3. The summed E-state index contributed by atoms with van der Waals surface area (Å²) < 4.78 is 28.0. The predicted molar refractivity (Wildman–Crippen MR) is 108 cm³/mol. The Morgan fingerprint density at radius 1 is 1.07 bits per heavy atom. The van der Waals surface area contributed by atoms with Gasteiger partial charge in [-0.05, 0) is 53.3 Å². The van der Waals surface area contributed by atoms with Gasteiger partial charge in [0.05, 0.1) is 4.90 Å². The van der Waals surface area contributed by atoms with Gasteiger partial charge in [0, 0.05) is 6.54 Å². The molecule has 2 aromatic carbocycles. The number of phenols is 1. The second-order valence-electron chi connectivity index (χ2n) is 7.66. The van der Waals surface area contributed by atoms with E-state index in [9.17, 15) is 18.3 Å². The lowest BCUT2D eigenvalue weighted by molar-refractivity contribution is -0.134. The van der Waals surface area contributed by atoms with Gasteiger partial charge in [0.2, 0.25) is 10.0 Å². The molecule has 2 rings (SSSR count). The SMILES string of the molecule is CC(C)CCN(C(C(=O)NO)C(C)C)S(=O)(=O)c1ccc2ccc(O)cc2c1. The topological polar surface area (TPSA) is 107 Å². The molecule has 0 aliphatic carbocycles. The number of phenolic OH excluding ortho intramolecular Hbond substituents is 1. The maximum Gasteiger partial charge on any atom is 0.262 e. The van der Waals surface area contributed by atoms with E-state index in [2.05, 4.69) is 0 Å². The molecule has 0 aliphatic heterocycles. The van der Waals surface area contributed by atoms with Gasteiger partial charge in [-0.25, -0.2) is 13.9 Å². The molecule has 0 heterocycles. The first-order valence-electron chi connectivity index (χ1n) is 9.26. The second-order valence-corrected chi connectivity index (χ2v) is 9.55. The second kappa shape index (κ2) is 8.89. The number of sulfonamides is 1. The predicted octanol–water partition coefficient (Wildman–Crippen LogP) is 3.11. The highest BCUT2D eigenvalue weighted by molar-refractivity contribution is 7.89. The zero-order valence-corrected chi connectivity index (χ0v) is 17.4. The van der Waals surface area contributed by atoms with Gasteiger partial charge >= 0.3 is 0 Å². The minimum absolute atomic E-state index is 0.0331. The Balaban J connectivity index is 2.57. The van der Waals surface area contributed by atoms with Gasteiger partial charge in [-0.3, -0.25) is 10.0 Å². The summed E-state index contributed by atoms with van der Waals surface area (Å²) in [5.74, 6) is -0.839. The lowest BCUT2D eigenvalue weighted by atomic mass is 10.0. The van der Waals surface area contributed by atoms with E-state index in [0.717, 1.165) is 9.69 Å². The van der Waals surface area contributed by atoms with Crippen molar-refractivity contribution in [1.82, 2.24) is 9.79 Å². The Labute approximate surface area is 166 Å². The fourth-order valence-electron chi connectivity index (χ4n) is 3.13. The summed E-state index contributed by atoms with van der Waals surface area (Å²) in [5.41, 5.74) is 1.60. The summed E-state index contributed by atoms with van der Waals surface area (Å²) in [5, 5.41) is 20.2. The number of hydroxylamine groups is 1. The molecule has 0 aromatic heterocycles. The standard InChI is InChI=1S/C20H28N2O5S/c1-13(2)9-10-22(19(14(3)4)20(24)21-25)28(26,27)18-8-6-15-5-7-17(23)11-16(15)12-18/h5-8,11-14,19,23,25H,9-10H2,1-4H3,(H,21,24). The summed E-state index contributed by atoms with van der Waals surface area (Å²) >= 11 is 0. The lowest BCUT2D eigenvalue weighted by Crippen LogP contribution is -2.52. The van der Waals surface area contributed by atoms with Crippen LogP contribution in [-0.2, 0) is 14.8 Å². The summed E-state index contributed by atoms with van der Waals surface area (Å²) in [6.45, 7) is 7.56. The van der Waals surface area contributed by atoms with Crippen LogP contribution in [0, 0.1) is 11.8 Å². The van der Waals surface area contributed by atoms with Crippen LogP contribution >= 0.6 is 0 Å². The quantitative estimate of drug-likeness (QED) is 0.460. The zero-order chi connectivity index (χ0) is 21.1. The molecule has 3 N–H and O–H groups in total. The third-order valence-electron chi connectivity index (χ3n) is 4.65. The summed E-state index contributed by atoms with van der Waals surface area (Å²) in [6.07, 6.45) is 0.565. The summed E-state index contributed by atoms with van der Waals surface area (Å²) in [6, 6.07) is 8.33. The molecule has 1 atom stereocenters. The first kappa shape index (κ1) is 22.1. The molecule has 0 saturated carbocycles. The zero-order valence-electron chi connectivity index (χ0n) is 16.6. The van der Waals surface area contributed by atoms with Crippen molar-refractivity contribution >= 4 is 26.7 Å². The molecule has 1 amide bonds. The molecule has 0 aliphatic rings. The third-order valence-corrected chi connectivity index (χ3v) is 6.53. The van der Waals surface area contributed by atoms with Crippen LogP contribution in [0.3, 0.4) is 0 Å². The largest absolute Gasteiger partial charge is 0.508 e. The molecular formula is C20H28N2O5S. The first-order chi connectivity index (χ1) is 13.1. The minimum Gasteiger partial charge on any atom is -0.508 e. The number of hydrogen-bond acceptors (Lipinski definition) is 5. The van der Waals surface area contributed by atoms with E-state index in [-0.39, 0.29) is 29.0 Å². The van der Waals surface area contributed by atoms with Crippen molar-refractivity contribution < 1.29 is 23.5 Å². The molecular weight excluding hydrogens is 380 g/mol. The molecule has 2 aromatic rings. The maximum atomic E-state index is 13.4. The van der Waals surface area contributed by atoms with Crippen LogP contribution in [0.15, 0.2) is 41.3 Å². The molecule has 154 valence electrons. The van der Waals surface area contributed by atoms with Gasteiger partial charge in [-0.15, -0.1) is 0 Å². The van der Waals surface area contributed by atoms with E-state index in [1.807, 2.05) is 13.8 Å². The molecule has 0 saturated heterocycles. The van der Waals surface area contributed by atoms with Crippen LogP contribution in [0.4, 0.5) is 0 Å². The molecule has 0 spiro atoms.